The van der Waals surface area contributed by atoms with Crippen LogP contribution in [0.3, 0.4) is 0 Å². The minimum atomic E-state index is -0.746. The van der Waals surface area contributed by atoms with E-state index < -0.39 is 5.54 Å². The number of nitrogens with zero attached hydrogens (tertiary/aromatic N) is 1. The largest absolute Gasteiger partial charge is 0.378 e. The second-order valence-electron chi connectivity index (χ2n) is 7.37. The number of amides is 1. The van der Waals surface area contributed by atoms with Crippen LogP contribution in [0.5, 0.6) is 0 Å². The highest BCUT2D eigenvalue weighted by Crippen LogP contribution is 2.50. The van der Waals surface area contributed by atoms with Gasteiger partial charge in [0.25, 0.3) is 0 Å². The Morgan fingerprint density at radius 2 is 1.90 bits per heavy atom. The molecule has 122 valence electrons. The van der Waals surface area contributed by atoms with Crippen LogP contribution in [0, 0.1) is 11.3 Å². The van der Waals surface area contributed by atoms with Gasteiger partial charge in [-0.2, -0.15) is 0 Å². The molecule has 1 saturated heterocycles. The van der Waals surface area contributed by atoms with Gasteiger partial charge < -0.3 is 15.4 Å². The van der Waals surface area contributed by atoms with Crippen molar-refractivity contribution in [1.29, 1.82) is 0 Å². The Morgan fingerprint density at radius 1 is 1.29 bits per heavy atom. The van der Waals surface area contributed by atoms with Gasteiger partial charge in [-0.25, -0.2) is 0 Å². The molecule has 2 atom stereocenters. The quantitative estimate of drug-likeness (QED) is 0.848. The second-order valence-corrected chi connectivity index (χ2v) is 7.37. The Morgan fingerprint density at radius 3 is 2.38 bits per heavy atom. The van der Waals surface area contributed by atoms with Gasteiger partial charge >= 0.3 is 0 Å². The van der Waals surface area contributed by atoms with Gasteiger partial charge in [0.15, 0.2) is 0 Å². The van der Waals surface area contributed by atoms with E-state index in [0.717, 1.165) is 31.8 Å². The highest BCUT2D eigenvalue weighted by Gasteiger charge is 2.63. The number of hydrogen-bond donors (Lipinski definition) is 1. The van der Waals surface area contributed by atoms with Crippen molar-refractivity contribution in [2.45, 2.75) is 71.4 Å². The zero-order chi connectivity index (χ0) is 15.7. The van der Waals surface area contributed by atoms with Crippen molar-refractivity contribution >= 4 is 5.91 Å². The van der Waals surface area contributed by atoms with Gasteiger partial charge in [-0.3, -0.25) is 4.79 Å². The van der Waals surface area contributed by atoms with Crippen molar-refractivity contribution in [3.05, 3.63) is 0 Å². The standard InChI is InChI=1S/C17H32N2O2/c1-5-7-13-8-10-19(11-9-13)15(20)17(18)12-14(21-6-2)16(17,3)4/h13-14H,5-12,18H2,1-4H3. The van der Waals surface area contributed by atoms with Crippen molar-refractivity contribution < 1.29 is 9.53 Å². The minimum Gasteiger partial charge on any atom is -0.378 e. The molecule has 2 N–H and O–H groups in total. The molecule has 2 unspecified atom stereocenters. The van der Waals surface area contributed by atoms with E-state index in [-0.39, 0.29) is 17.4 Å². The lowest BCUT2D eigenvalue weighted by Gasteiger charge is -2.59. The monoisotopic (exact) mass is 296 g/mol. The average Bonchev–Trinajstić information content (AvgIpc) is 2.47. The molecule has 1 aliphatic carbocycles. The average molecular weight is 296 g/mol. The van der Waals surface area contributed by atoms with Crippen molar-refractivity contribution in [2.24, 2.45) is 17.1 Å². The number of hydrogen-bond acceptors (Lipinski definition) is 3. The topological polar surface area (TPSA) is 55.6 Å². The zero-order valence-electron chi connectivity index (χ0n) is 14.2. The van der Waals surface area contributed by atoms with Crippen LogP contribution in [0.1, 0.15) is 59.8 Å². The Labute approximate surface area is 129 Å². The Bertz CT molecular complexity index is 375. The molecule has 1 aliphatic heterocycles. The summed E-state index contributed by atoms with van der Waals surface area (Å²) in [4.78, 5) is 14.9. The molecule has 4 heteroatoms. The summed E-state index contributed by atoms with van der Waals surface area (Å²) in [5.41, 5.74) is 5.47. The summed E-state index contributed by atoms with van der Waals surface area (Å²) >= 11 is 0. The molecule has 0 bridgehead atoms. The van der Waals surface area contributed by atoms with Crippen molar-refractivity contribution in [3.63, 3.8) is 0 Å². The normalized spacial score (nSPS) is 32.8. The third kappa shape index (κ3) is 2.85. The predicted octanol–water partition coefficient (Wildman–Crippen LogP) is 2.56. The maximum absolute atomic E-state index is 12.9. The summed E-state index contributed by atoms with van der Waals surface area (Å²) in [6, 6.07) is 0. The van der Waals surface area contributed by atoms with Crippen LogP contribution in [0.15, 0.2) is 0 Å². The van der Waals surface area contributed by atoms with Crippen LogP contribution >= 0.6 is 0 Å². The molecule has 2 rings (SSSR count). The van der Waals surface area contributed by atoms with Crippen LogP contribution in [-0.2, 0) is 9.53 Å². The van der Waals surface area contributed by atoms with Gasteiger partial charge in [-0.05, 0) is 25.7 Å². The van der Waals surface area contributed by atoms with Gasteiger partial charge in [0, 0.05) is 31.5 Å². The fraction of sp³-hybridized carbons (Fsp3) is 0.941. The smallest absolute Gasteiger partial charge is 0.243 e. The first-order valence-electron chi connectivity index (χ1n) is 8.56. The summed E-state index contributed by atoms with van der Waals surface area (Å²) in [6.07, 6.45) is 5.54. The van der Waals surface area contributed by atoms with Crippen molar-refractivity contribution in [2.75, 3.05) is 19.7 Å². The molecule has 2 fully saturated rings. The summed E-state index contributed by atoms with van der Waals surface area (Å²) in [5.74, 6) is 0.928. The molecule has 1 heterocycles. The molecule has 0 radical (unpaired) electrons. The van der Waals surface area contributed by atoms with Crippen molar-refractivity contribution in [3.8, 4) is 0 Å². The number of piperidine rings is 1. The third-order valence-electron chi connectivity index (χ3n) is 5.81. The SMILES string of the molecule is CCCC1CCN(C(=O)C2(N)CC(OCC)C2(C)C)CC1. The first-order chi connectivity index (χ1) is 9.86. The van der Waals surface area contributed by atoms with Crippen molar-refractivity contribution in [1.82, 2.24) is 4.90 Å². The Balaban J connectivity index is 1.95. The molecule has 0 aromatic carbocycles. The van der Waals surface area contributed by atoms with Crippen LogP contribution in [-0.4, -0.2) is 42.1 Å². The van der Waals surface area contributed by atoms with E-state index in [4.69, 9.17) is 10.5 Å². The molecular formula is C17H32N2O2. The van der Waals surface area contributed by atoms with E-state index in [1.807, 2.05) is 11.8 Å². The first kappa shape index (κ1) is 16.8. The van der Waals surface area contributed by atoms with E-state index in [1.54, 1.807) is 0 Å². The number of carbonyl (C=O) groups is 1. The zero-order valence-corrected chi connectivity index (χ0v) is 14.2. The van der Waals surface area contributed by atoms with Gasteiger partial charge in [0.2, 0.25) is 5.91 Å². The number of carbonyl (C=O) groups excluding carboxylic acids is 1. The Hall–Kier alpha value is -0.610. The van der Waals surface area contributed by atoms with Crippen LogP contribution in [0.25, 0.3) is 0 Å². The molecule has 1 saturated carbocycles. The molecule has 4 nitrogen and oxygen atoms in total. The second kappa shape index (κ2) is 6.25. The fourth-order valence-corrected chi connectivity index (χ4v) is 3.91. The molecular weight excluding hydrogens is 264 g/mol. The Kier molecular flexibility index (Phi) is 4.99. The number of likely N-dealkylation sites (tertiary alicyclic amines) is 1. The van der Waals surface area contributed by atoms with E-state index in [1.165, 1.54) is 12.8 Å². The van der Waals surface area contributed by atoms with Gasteiger partial charge in [0.1, 0.15) is 5.54 Å². The molecule has 0 aromatic rings. The lowest BCUT2D eigenvalue weighted by Crippen LogP contribution is -2.76. The summed E-state index contributed by atoms with van der Waals surface area (Å²) in [5, 5.41) is 0. The maximum atomic E-state index is 12.9. The van der Waals surface area contributed by atoms with Gasteiger partial charge in [0.05, 0.1) is 6.10 Å². The van der Waals surface area contributed by atoms with E-state index in [2.05, 4.69) is 20.8 Å². The highest BCUT2D eigenvalue weighted by atomic mass is 16.5. The van der Waals surface area contributed by atoms with Gasteiger partial charge in [-0.15, -0.1) is 0 Å². The molecule has 0 aromatic heterocycles. The first-order valence-corrected chi connectivity index (χ1v) is 8.56. The number of nitrogens with two attached hydrogens (primary N) is 1. The van der Waals surface area contributed by atoms with E-state index in [9.17, 15) is 4.79 Å². The van der Waals surface area contributed by atoms with Crippen LogP contribution in [0.4, 0.5) is 0 Å². The van der Waals surface area contributed by atoms with Crippen LogP contribution in [0.2, 0.25) is 0 Å². The third-order valence-corrected chi connectivity index (χ3v) is 5.81. The predicted molar refractivity (Wildman–Crippen MR) is 84.9 cm³/mol. The van der Waals surface area contributed by atoms with Crippen LogP contribution < -0.4 is 5.73 Å². The molecule has 0 spiro atoms. The van der Waals surface area contributed by atoms with Gasteiger partial charge in [-0.1, -0.05) is 33.6 Å². The minimum absolute atomic E-state index is 0.106. The lowest BCUT2D eigenvalue weighted by atomic mass is 9.54. The summed E-state index contributed by atoms with van der Waals surface area (Å²) in [7, 11) is 0. The highest BCUT2D eigenvalue weighted by molar-refractivity contribution is 5.89. The van der Waals surface area contributed by atoms with E-state index >= 15 is 0 Å². The lowest BCUT2D eigenvalue weighted by molar-refractivity contribution is -0.180. The maximum Gasteiger partial charge on any atom is 0.243 e. The molecule has 1 amide bonds. The number of ether oxygens (including phenoxy) is 1. The van der Waals surface area contributed by atoms with E-state index in [0.29, 0.717) is 13.0 Å². The fourth-order valence-electron chi connectivity index (χ4n) is 3.91. The molecule has 21 heavy (non-hydrogen) atoms. The molecule has 2 aliphatic rings. The summed E-state index contributed by atoms with van der Waals surface area (Å²) in [6.45, 7) is 10.8. The summed E-state index contributed by atoms with van der Waals surface area (Å²) < 4.78 is 5.72. The number of rotatable bonds is 5.